The topological polar surface area (TPSA) is 45.8 Å². The largest absolute Gasteiger partial charge is 0.328 e. The second-order valence-electron chi connectivity index (χ2n) is 4.91. The third kappa shape index (κ3) is 1.80. The van der Waals surface area contributed by atoms with Gasteiger partial charge in [0.25, 0.3) is 5.56 Å². The Bertz CT molecular complexity index is 837. The van der Waals surface area contributed by atoms with Crippen molar-refractivity contribution in [2.75, 3.05) is 0 Å². The standard InChI is InChI=1S/C15H13FN2O/c1-8(2)14-10-4-3-9(16)7-11(10)13-12(18-14)5-6-17-15(13)19/h3-8H,1-2H3,(H,17,19). The number of aromatic amines is 1. The molecule has 4 heteroatoms. The summed E-state index contributed by atoms with van der Waals surface area (Å²) in [6.45, 7) is 4.06. The number of pyridine rings is 2. The molecule has 0 saturated heterocycles. The minimum Gasteiger partial charge on any atom is -0.328 e. The number of rotatable bonds is 1. The lowest BCUT2D eigenvalue weighted by atomic mass is 9.99. The number of H-pyrrole nitrogens is 1. The molecule has 2 heterocycles. The van der Waals surface area contributed by atoms with E-state index in [9.17, 15) is 9.18 Å². The van der Waals surface area contributed by atoms with Gasteiger partial charge in [0.2, 0.25) is 0 Å². The fourth-order valence-corrected chi connectivity index (χ4v) is 2.40. The van der Waals surface area contributed by atoms with E-state index in [2.05, 4.69) is 9.97 Å². The average molecular weight is 256 g/mol. The quantitative estimate of drug-likeness (QED) is 0.679. The van der Waals surface area contributed by atoms with E-state index in [0.29, 0.717) is 16.3 Å². The van der Waals surface area contributed by atoms with Crippen LogP contribution in [0.2, 0.25) is 0 Å². The molecule has 0 fully saturated rings. The Morgan fingerprint density at radius 3 is 2.74 bits per heavy atom. The minimum atomic E-state index is -0.349. The van der Waals surface area contributed by atoms with Gasteiger partial charge in [-0.1, -0.05) is 13.8 Å². The van der Waals surface area contributed by atoms with Crippen molar-refractivity contribution >= 4 is 21.7 Å². The first kappa shape index (κ1) is 11.8. The Morgan fingerprint density at radius 1 is 1.21 bits per heavy atom. The van der Waals surface area contributed by atoms with Crippen molar-refractivity contribution in [3.63, 3.8) is 0 Å². The van der Waals surface area contributed by atoms with E-state index in [0.717, 1.165) is 11.1 Å². The number of halogens is 1. The molecular formula is C15H13FN2O. The lowest BCUT2D eigenvalue weighted by molar-refractivity contribution is 0.629. The van der Waals surface area contributed by atoms with Crippen molar-refractivity contribution in [3.8, 4) is 0 Å². The SMILES string of the molecule is CC(C)c1nc2cc[nH]c(=O)c2c2cc(F)ccc12. The van der Waals surface area contributed by atoms with Gasteiger partial charge in [0.15, 0.2) is 0 Å². The summed E-state index contributed by atoms with van der Waals surface area (Å²) in [7, 11) is 0. The van der Waals surface area contributed by atoms with Crippen LogP contribution in [-0.2, 0) is 0 Å². The normalized spacial score (nSPS) is 11.6. The zero-order valence-electron chi connectivity index (χ0n) is 10.7. The van der Waals surface area contributed by atoms with Crippen LogP contribution in [0.25, 0.3) is 21.7 Å². The molecule has 0 bridgehead atoms. The van der Waals surface area contributed by atoms with Crippen molar-refractivity contribution in [2.45, 2.75) is 19.8 Å². The predicted molar refractivity (Wildman–Crippen MR) is 73.9 cm³/mol. The van der Waals surface area contributed by atoms with Crippen LogP contribution < -0.4 is 5.56 Å². The van der Waals surface area contributed by atoms with Gasteiger partial charge in [0.1, 0.15) is 5.82 Å². The molecule has 0 saturated carbocycles. The zero-order chi connectivity index (χ0) is 13.6. The van der Waals surface area contributed by atoms with Crippen molar-refractivity contribution in [3.05, 3.63) is 52.3 Å². The molecule has 2 aromatic heterocycles. The third-order valence-electron chi connectivity index (χ3n) is 3.25. The van der Waals surface area contributed by atoms with Gasteiger partial charge in [0, 0.05) is 17.0 Å². The van der Waals surface area contributed by atoms with E-state index in [1.165, 1.54) is 12.1 Å². The maximum absolute atomic E-state index is 13.5. The molecule has 0 aliphatic rings. The first-order chi connectivity index (χ1) is 9.08. The molecule has 1 N–H and O–H groups in total. The molecule has 0 atom stereocenters. The highest BCUT2D eigenvalue weighted by Gasteiger charge is 2.13. The van der Waals surface area contributed by atoms with E-state index >= 15 is 0 Å². The average Bonchev–Trinajstić information content (AvgIpc) is 2.37. The summed E-state index contributed by atoms with van der Waals surface area (Å²) < 4.78 is 13.5. The minimum absolute atomic E-state index is 0.205. The van der Waals surface area contributed by atoms with Crippen molar-refractivity contribution in [1.82, 2.24) is 9.97 Å². The van der Waals surface area contributed by atoms with Gasteiger partial charge >= 0.3 is 0 Å². The van der Waals surface area contributed by atoms with Crippen LogP contribution in [-0.4, -0.2) is 9.97 Å². The summed E-state index contributed by atoms with van der Waals surface area (Å²) >= 11 is 0. The summed E-state index contributed by atoms with van der Waals surface area (Å²) in [5.74, 6) is -0.144. The Balaban J connectivity index is 2.63. The van der Waals surface area contributed by atoms with E-state index in [1.54, 1.807) is 18.3 Å². The highest BCUT2D eigenvalue weighted by Crippen LogP contribution is 2.28. The molecule has 3 aromatic rings. The number of hydrogen-bond acceptors (Lipinski definition) is 2. The number of hydrogen-bond donors (Lipinski definition) is 1. The van der Waals surface area contributed by atoms with Crippen LogP contribution in [0.15, 0.2) is 35.3 Å². The predicted octanol–water partition coefficient (Wildman–Crippen LogP) is 3.34. The highest BCUT2D eigenvalue weighted by atomic mass is 19.1. The van der Waals surface area contributed by atoms with Crippen LogP contribution in [0.1, 0.15) is 25.5 Å². The van der Waals surface area contributed by atoms with Gasteiger partial charge in [-0.3, -0.25) is 9.78 Å². The van der Waals surface area contributed by atoms with Crippen LogP contribution in [0.5, 0.6) is 0 Å². The molecule has 19 heavy (non-hydrogen) atoms. The molecule has 0 radical (unpaired) electrons. The van der Waals surface area contributed by atoms with Crippen molar-refractivity contribution in [1.29, 1.82) is 0 Å². The molecule has 1 aromatic carbocycles. The van der Waals surface area contributed by atoms with Crippen LogP contribution in [0, 0.1) is 5.82 Å². The van der Waals surface area contributed by atoms with Crippen molar-refractivity contribution in [2.24, 2.45) is 0 Å². The summed E-state index contributed by atoms with van der Waals surface area (Å²) in [4.78, 5) is 19.1. The maximum Gasteiger partial charge on any atom is 0.258 e. The number of benzene rings is 1. The molecule has 0 aliphatic carbocycles. The number of nitrogens with zero attached hydrogens (tertiary/aromatic N) is 1. The molecule has 0 unspecified atom stereocenters. The van der Waals surface area contributed by atoms with Gasteiger partial charge in [-0.15, -0.1) is 0 Å². The van der Waals surface area contributed by atoms with E-state index in [1.807, 2.05) is 13.8 Å². The fourth-order valence-electron chi connectivity index (χ4n) is 2.40. The highest BCUT2D eigenvalue weighted by molar-refractivity contribution is 6.06. The Morgan fingerprint density at radius 2 is 2.00 bits per heavy atom. The lowest BCUT2D eigenvalue weighted by Crippen LogP contribution is -2.08. The van der Waals surface area contributed by atoms with Crippen LogP contribution in [0.3, 0.4) is 0 Å². The number of nitrogens with one attached hydrogen (secondary N) is 1. The number of fused-ring (bicyclic) bond motifs is 3. The Kier molecular flexibility index (Phi) is 2.59. The molecule has 0 spiro atoms. The fraction of sp³-hybridized carbons (Fsp3) is 0.200. The van der Waals surface area contributed by atoms with E-state index < -0.39 is 0 Å². The molecule has 0 amide bonds. The maximum atomic E-state index is 13.5. The first-order valence-corrected chi connectivity index (χ1v) is 6.18. The molecule has 0 aliphatic heterocycles. The molecule has 3 nitrogen and oxygen atoms in total. The van der Waals surface area contributed by atoms with Crippen molar-refractivity contribution < 1.29 is 4.39 Å². The van der Waals surface area contributed by atoms with Gasteiger partial charge in [-0.2, -0.15) is 0 Å². The Labute approximate surface area is 109 Å². The third-order valence-corrected chi connectivity index (χ3v) is 3.25. The number of aromatic nitrogens is 2. The zero-order valence-corrected chi connectivity index (χ0v) is 10.7. The van der Waals surface area contributed by atoms with E-state index in [-0.39, 0.29) is 17.3 Å². The lowest BCUT2D eigenvalue weighted by Gasteiger charge is -2.11. The summed E-state index contributed by atoms with van der Waals surface area (Å²) in [5, 5.41) is 1.90. The summed E-state index contributed by atoms with van der Waals surface area (Å²) in [6.07, 6.45) is 1.56. The summed E-state index contributed by atoms with van der Waals surface area (Å²) in [5.41, 5.74) is 1.24. The second kappa shape index (κ2) is 4.16. The van der Waals surface area contributed by atoms with Gasteiger partial charge in [-0.05, 0) is 30.2 Å². The summed E-state index contributed by atoms with van der Waals surface area (Å²) in [6, 6.07) is 6.24. The second-order valence-corrected chi connectivity index (χ2v) is 4.91. The van der Waals surface area contributed by atoms with Gasteiger partial charge < -0.3 is 4.98 Å². The van der Waals surface area contributed by atoms with E-state index in [4.69, 9.17) is 0 Å². The van der Waals surface area contributed by atoms with Crippen LogP contribution >= 0.6 is 0 Å². The monoisotopic (exact) mass is 256 g/mol. The molecule has 3 rings (SSSR count). The Hall–Kier alpha value is -2.23. The first-order valence-electron chi connectivity index (χ1n) is 6.18. The van der Waals surface area contributed by atoms with Gasteiger partial charge in [-0.25, -0.2) is 4.39 Å². The van der Waals surface area contributed by atoms with Crippen LogP contribution in [0.4, 0.5) is 4.39 Å². The smallest absolute Gasteiger partial charge is 0.258 e. The van der Waals surface area contributed by atoms with Gasteiger partial charge in [0.05, 0.1) is 16.6 Å². The molecule has 96 valence electrons. The molecular weight excluding hydrogens is 243 g/mol.